The number of morpholine rings is 1. The van der Waals surface area contributed by atoms with Crippen molar-refractivity contribution < 1.29 is 9.53 Å². The van der Waals surface area contributed by atoms with Crippen LogP contribution in [-0.4, -0.2) is 41.1 Å². The molecule has 2 heterocycles. The summed E-state index contributed by atoms with van der Waals surface area (Å²) in [5.41, 5.74) is 0.0790. The van der Waals surface area contributed by atoms with E-state index in [-0.39, 0.29) is 18.1 Å². The molecule has 0 radical (unpaired) electrons. The SMILES string of the molecule is CC1CN(Cc2csc(NC(=O)C3(C#N)CCCCC3)n2)CC(C)O1. The van der Waals surface area contributed by atoms with E-state index in [1.807, 2.05) is 5.38 Å². The summed E-state index contributed by atoms with van der Waals surface area (Å²) in [5, 5.41) is 15.0. The van der Waals surface area contributed by atoms with Crippen LogP contribution in [0, 0.1) is 16.7 Å². The second-order valence-corrected chi connectivity index (χ2v) is 8.16. The van der Waals surface area contributed by atoms with E-state index in [0.717, 1.165) is 44.6 Å². The van der Waals surface area contributed by atoms with Crippen LogP contribution in [0.4, 0.5) is 5.13 Å². The third kappa shape index (κ3) is 4.38. The molecular weight excluding hydrogens is 336 g/mol. The Morgan fingerprint density at radius 1 is 1.40 bits per heavy atom. The molecule has 1 saturated carbocycles. The van der Waals surface area contributed by atoms with Gasteiger partial charge in [-0.2, -0.15) is 5.26 Å². The van der Waals surface area contributed by atoms with Gasteiger partial charge in [-0.3, -0.25) is 9.69 Å². The van der Waals surface area contributed by atoms with Gasteiger partial charge >= 0.3 is 0 Å². The largest absolute Gasteiger partial charge is 0.373 e. The van der Waals surface area contributed by atoms with Crippen molar-refractivity contribution >= 4 is 22.4 Å². The van der Waals surface area contributed by atoms with Crippen molar-refractivity contribution in [2.75, 3.05) is 18.4 Å². The molecule has 0 aromatic carbocycles. The number of thiazole rings is 1. The lowest BCUT2D eigenvalue weighted by atomic mass is 9.74. The maximum Gasteiger partial charge on any atom is 0.246 e. The summed E-state index contributed by atoms with van der Waals surface area (Å²) < 4.78 is 5.76. The first-order valence-electron chi connectivity index (χ1n) is 9.06. The molecule has 1 aromatic rings. The standard InChI is InChI=1S/C18H26N4O2S/c1-13-8-22(9-14(2)24-13)10-15-11-25-17(20-15)21-16(23)18(12-19)6-4-3-5-7-18/h11,13-14H,3-10H2,1-2H3,(H,20,21,23). The van der Waals surface area contributed by atoms with Gasteiger partial charge in [0.05, 0.1) is 24.0 Å². The minimum Gasteiger partial charge on any atom is -0.373 e. The third-order valence-electron chi connectivity index (χ3n) is 5.01. The number of aromatic nitrogens is 1. The molecule has 1 amide bonds. The van der Waals surface area contributed by atoms with Crippen LogP contribution in [-0.2, 0) is 16.1 Å². The van der Waals surface area contributed by atoms with Gasteiger partial charge in [0.25, 0.3) is 0 Å². The van der Waals surface area contributed by atoms with Crippen molar-refractivity contribution in [1.29, 1.82) is 5.26 Å². The van der Waals surface area contributed by atoms with Gasteiger partial charge in [0, 0.05) is 25.0 Å². The molecule has 2 fully saturated rings. The van der Waals surface area contributed by atoms with Crippen LogP contribution in [0.2, 0.25) is 0 Å². The summed E-state index contributed by atoms with van der Waals surface area (Å²) in [4.78, 5) is 19.5. The highest BCUT2D eigenvalue weighted by atomic mass is 32.1. The van der Waals surface area contributed by atoms with Crippen LogP contribution >= 0.6 is 11.3 Å². The van der Waals surface area contributed by atoms with Crippen molar-refractivity contribution in [2.45, 2.75) is 64.7 Å². The van der Waals surface area contributed by atoms with Gasteiger partial charge in [-0.15, -0.1) is 11.3 Å². The lowest BCUT2D eigenvalue weighted by Crippen LogP contribution is -2.44. The Morgan fingerprint density at radius 3 is 2.72 bits per heavy atom. The van der Waals surface area contributed by atoms with E-state index in [1.165, 1.54) is 11.3 Å². The molecule has 1 saturated heterocycles. The Morgan fingerprint density at radius 2 is 2.08 bits per heavy atom. The fourth-order valence-corrected chi connectivity index (χ4v) is 4.54. The number of ether oxygens (including phenoxy) is 1. The lowest BCUT2D eigenvalue weighted by molar-refractivity contribution is -0.124. The number of carbonyl (C=O) groups is 1. The summed E-state index contributed by atoms with van der Waals surface area (Å²) in [6.07, 6.45) is 4.74. The summed E-state index contributed by atoms with van der Waals surface area (Å²) in [6, 6.07) is 2.26. The maximum absolute atomic E-state index is 12.6. The van der Waals surface area contributed by atoms with Gasteiger partial charge in [0.15, 0.2) is 5.13 Å². The summed E-state index contributed by atoms with van der Waals surface area (Å²) in [5.74, 6) is -0.191. The predicted molar refractivity (Wildman–Crippen MR) is 97.2 cm³/mol. The molecule has 2 aliphatic rings. The molecule has 2 atom stereocenters. The van der Waals surface area contributed by atoms with Crippen LogP contribution in [0.5, 0.6) is 0 Å². The monoisotopic (exact) mass is 362 g/mol. The molecular formula is C18H26N4O2S. The number of amides is 1. The first kappa shape index (κ1) is 18.3. The van der Waals surface area contributed by atoms with Crippen molar-refractivity contribution in [3.8, 4) is 6.07 Å². The number of rotatable bonds is 4. The molecule has 7 heteroatoms. The number of hydrogen-bond acceptors (Lipinski definition) is 6. The van der Waals surface area contributed by atoms with Crippen LogP contribution in [0.25, 0.3) is 0 Å². The molecule has 1 aromatic heterocycles. The van der Waals surface area contributed by atoms with Crippen molar-refractivity contribution in [1.82, 2.24) is 9.88 Å². The molecule has 0 bridgehead atoms. The van der Waals surface area contributed by atoms with Crippen LogP contribution < -0.4 is 5.32 Å². The lowest BCUT2D eigenvalue weighted by Gasteiger charge is -2.34. The van der Waals surface area contributed by atoms with Gasteiger partial charge in [-0.05, 0) is 26.7 Å². The number of carbonyl (C=O) groups excluding carboxylic acids is 1. The Kier molecular flexibility index (Phi) is 5.72. The highest BCUT2D eigenvalue weighted by Gasteiger charge is 2.40. The quantitative estimate of drug-likeness (QED) is 0.890. The Balaban J connectivity index is 1.60. The molecule has 1 aliphatic carbocycles. The van der Waals surface area contributed by atoms with E-state index in [0.29, 0.717) is 18.0 Å². The summed E-state index contributed by atoms with van der Waals surface area (Å²) >= 11 is 1.43. The Labute approximate surface area is 153 Å². The Hall–Kier alpha value is -1.49. The van der Waals surface area contributed by atoms with E-state index in [9.17, 15) is 10.1 Å². The van der Waals surface area contributed by atoms with Gasteiger partial charge < -0.3 is 10.1 Å². The van der Waals surface area contributed by atoms with Crippen LogP contribution in [0.15, 0.2) is 5.38 Å². The topological polar surface area (TPSA) is 78.3 Å². The minimum atomic E-state index is -0.876. The zero-order chi connectivity index (χ0) is 17.9. The van der Waals surface area contributed by atoms with Crippen molar-refractivity contribution in [2.24, 2.45) is 5.41 Å². The Bertz CT molecular complexity index is 638. The van der Waals surface area contributed by atoms with E-state index in [2.05, 4.69) is 35.1 Å². The molecule has 25 heavy (non-hydrogen) atoms. The molecule has 2 unspecified atom stereocenters. The smallest absolute Gasteiger partial charge is 0.246 e. The highest BCUT2D eigenvalue weighted by molar-refractivity contribution is 7.13. The van der Waals surface area contributed by atoms with E-state index in [1.54, 1.807) is 0 Å². The molecule has 136 valence electrons. The van der Waals surface area contributed by atoms with Crippen LogP contribution in [0.3, 0.4) is 0 Å². The average Bonchev–Trinajstić information content (AvgIpc) is 3.01. The van der Waals surface area contributed by atoms with Crippen LogP contribution in [0.1, 0.15) is 51.6 Å². The van der Waals surface area contributed by atoms with Crippen molar-refractivity contribution in [3.05, 3.63) is 11.1 Å². The summed E-state index contributed by atoms with van der Waals surface area (Å²) in [6.45, 7) is 6.71. The number of anilines is 1. The zero-order valence-corrected chi connectivity index (χ0v) is 15.8. The second kappa shape index (κ2) is 7.81. The first-order valence-corrected chi connectivity index (χ1v) is 9.94. The van der Waals surface area contributed by atoms with E-state index in [4.69, 9.17) is 4.74 Å². The first-order chi connectivity index (χ1) is 12.0. The fraction of sp³-hybridized carbons (Fsp3) is 0.722. The van der Waals surface area contributed by atoms with Crippen molar-refractivity contribution in [3.63, 3.8) is 0 Å². The number of nitrogens with one attached hydrogen (secondary N) is 1. The van der Waals surface area contributed by atoms with E-state index >= 15 is 0 Å². The summed E-state index contributed by atoms with van der Waals surface area (Å²) in [7, 11) is 0. The molecule has 0 spiro atoms. The zero-order valence-electron chi connectivity index (χ0n) is 15.0. The molecule has 1 aliphatic heterocycles. The van der Waals surface area contributed by atoms with Gasteiger partial charge in [-0.1, -0.05) is 19.3 Å². The third-order valence-corrected chi connectivity index (χ3v) is 5.82. The second-order valence-electron chi connectivity index (χ2n) is 7.30. The minimum absolute atomic E-state index is 0.191. The molecule has 1 N–H and O–H groups in total. The predicted octanol–water partition coefficient (Wildman–Crippen LogP) is 3.16. The number of hydrogen-bond donors (Lipinski definition) is 1. The fourth-order valence-electron chi connectivity index (χ4n) is 3.84. The van der Waals surface area contributed by atoms with Gasteiger partial charge in [-0.25, -0.2) is 4.98 Å². The molecule has 3 rings (SSSR count). The van der Waals surface area contributed by atoms with E-state index < -0.39 is 5.41 Å². The molecule has 6 nitrogen and oxygen atoms in total. The number of nitriles is 1. The normalized spacial score (nSPS) is 26.8. The highest BCUT2D eigenvalue weighted by Crippen LogP contribution is 2.37. The number of nitrogens with zero attached hydrogens (tertiary/aromatic N) is 3. The van der Waals surface area contributed by atoms with Gasteiger partial charge in [0.1, 0.15) is 5.41 Å². The maximum atomic E-state index is 12.6. The average molecular weight is 362 g/mol. The van der Waals surface area contributed by atoms with Gasteiger partial charge in [0.2, 0.25) is 5.91 Å².